The summed E-state index contributed by atoms with van der Waals surface area (Å²) in [6.45, 7) is 6.35. The molecule has 0 spiro atoms. The predicted molar refractivity (Wildman–Crippen MR) is 140 cm³/mol. The lowest BCUT2D eigenvalue weighted by Gasteiger charge is -2.13. The number of rotatable bonds is 6. The molecule has 5 rings (SSSR count). The second-order valence-electron chi connectivity index (χ2n) is 8.44. The highest BCUT2D eigenvalue weighted by molar-refractivity contribution is 7.99. The fourth-order valence-electron chi connectivity index (χ4n) is 3.91. The molecule has 0 N–H and O–H groups in total. The van der Waals surface area contributed by atoms with Gasteiger partial charge in [-0.3, -0.25) is 14.2 Å². The van der Waals surface area contributed by atoms with E-state index < -0.39 is 0 Å². The zero-order chi connectivity index (χ0) is 23.8. The van der Waals surface area contributed by atoms with E-state index in [4.69, 9.17) is 4.98 Å². The van der Waals surface area contributed by atoms with Crippen LogP contribution >= 0.6 is 23.1 Å². The Bertz CT molecular complexity index is 1600. The minimum atomic E-state index is -0.102. The van der Waals surface area contributed by atoms with Crippen molar-refractivity contribution in [2.45, 2.75) is 32.5 Å². The summed E-state index contributed by atoms with van der Waals surface area (Å²) in [7, 11) is 0. The zero-order valence-corrected chi connectivity index (χ0v) is 20.8. The van der Waals surface area contributed by atoms with Gasteiger partial charge in [-0.25, -0.2) is 9.97 Å². The predicted octanol–water partition coefficient (Wildman–Crippen LogP) is 5.95. The molecule has 0 fully saturated rings. The molecule has 0 saturated heterocycles. The topological polar surface area (TPSA) is 64.8 Å². The van der Waals surface area contributed by atoms with Crippen LogP contribution in [0.15, 0.2) is 70.7 Å². The van der Waals surface area contributed by atoms with Crippen LogP contribution in [0.4, 0.5) is 0 Å². The standard InChI is InChI=1S/C27H23N3O2S2/c1-16-7-10-19(11-8-16)14-30-26(32)24-23(20-5-4-12-28-25(20)34-24)29-27(30)33-15-22(31)21-13-17(2)6-9-18(21)3/h4-13H,14-15H2,1-3H3. The first-order chi connectivity index (χ1) is 16.4. The van der Waals surface area contributed by atoms with Crippen LogP contribution < -0.4 is 5.56 Å². The van der Waals surface area contributed by atoms with Crippen molar-refractivity contribution in [3.8, 4) is 0 Å². The van der Waals surface area contributed by atoms with Crippen molar-refractivity contribution in [1.82, 2.24) is 14.5 Å². The van der Waals surface area contributed by atoms with Crippen molar-refractivity contribution in [3.63, 3.8) is 0 Å². The van der Waals surface area contributed by atoms with E-state index in [0.29, 0.717) is 27.5 Å². The summed E-state index contributed by atoms with van der Waals surface area (Å²) in [5.74, 6) is 0.232. The number of thioether (sulfide) groups is 1. The third-order valence-corrected chi connectivity index (χ3v) is 7.87. The van der Waals surface area contributed by atoms with E-state index in [1.54, 1.807) is 10.8 Å². The summed E-state index contributed by atoms with van der Waals surface area (Å²) in [5, 5.41) is 1.41. The van der Waals surface area contributed by atoms with Gasteiger partial charge in [-0.15, -0.1) is 11.3 Å². The Hall–Kier alpha value is -3.29. The van der Waals surface area contributed by atoms with E-state index in [-0.39, 0.29) is 17.1 Å². The Morgan fingerprint density at radius 1 is 1.03 bits per heavy atom. The van der Waals surface area contributed by atoms with Gasteiger partial charge in [-0.2, -0.15) is 0 Å². The van der Waals surface area contributed by atoms with E-state index in [1.807, 2.05) is 75.4 Å². The summed E-state index contributed by atoms with van der Waals surface area (Å²) in [6, 6.07) is 17.8. The van der Waals surface area contributed by atoms with Gasteiger partial charge in [0.15, 0.2) is 10.9 Å². The molecule has 0 radical (unpaired) electrons. The molecule has 0 aliphatic heterocycles. The number of benzene rings is 2. The second-order valence-corrected chi connectivity index (χ2v) is 10.4. The van der Waals surface area contributed by atoms with Crippen LogP contribution in [-0.2, 0) is 6.54 Å². The number of aromatic nitrogens is 3. The fourth-order valence-corrected chi connectivity index (χ4v) is 5.82. The molecule has 0 aliphatic rings. The Morgan fingerprint density at radius 3 is 2.59 bits per heavy atom. The quantitative estimate of drug-likeness (QED) is 0.169. The first-order valence-corrected chi connectivity index (χ1v) is 12.8. The molecule has 5 aromatic rings. The largest absolute Gasteiger partial charge is 0.293 e. The average molecular weight is 486 g/mol. The van der Waals surface area contributed by atoms with Crippen LogP contribution in [-0.4, -0.2) is 26.1 Å². The highest BCUT2D eigenvalue weighted by atomic mass is 32.2. The Kier molecular flexibility index (Phi) is 6.06. The van der Waals surface area contributed by atoms with E-state index in [1.165, 1.54) is 23.1 Å². The van der Waals surface area contributed by atoms with Gasteiger partial charge in [-0.1, -0.05) is 59.3 Å². The molecular weight excluding hydrogens is 462 g/mol. The number of aryl methyl sites for hydroxylation is 3. The molecule has 0 atom stereocenters. The van der Waals surface area contributed by atoms with Gasteiger partial charge in [0.2, 0.25) is 0 Å². The van der Waals surface area contributed by atoms with Crippen LogP contribution in [0.2, 0.25) is 0 Å². The van der Waals surface area contributed by atoms with E-state index in [0.717, 1.165) is 32.5 Å². The van der Waals surface area contributed by atoms with E-state index in [2.05, 4.69) is 4.98 Å². The number of pyridine rings is 1. The number of fused-ring (bicyclic) bond motifs is 3. The Labute approximate surface area is 205 Å². The van der Waals surface area contributed by atoms with Crippen molar-refractivity contribution >= 4 is 49.3 Å². The second kappa shape index (κ2) is 9.16. The maximum absolute atomic E-state index is 13.6. The molecule has 34 heavy (non-hydrogen) atoms. The molecule has 0 aliphatic carbocycles. The highest BCUT2D eigenvalue weighted by Crippen LogP contribution is 2.31. The minimum Gasteiger partial charge on any atom is -0.293 e. The lowest BCUT2D eigenvalue weighted by Crippen LogP contribution is -2.23. The Balaban J connectivity index is 1.58. The molecule has 0 bridgehead atoms. The molecule has 0 amide bonds. The van der Waals surface area contributed by atoms with Crippen molar-refractivity contribution < 1.29 is 4.79 Å². The molecule has 7 heteroatoms. The van der Waals surface area contributed by atoms with Gasteiger partial charge in [0, 0.05) is 17.1 Å². The molecule has 0 unspecified atom stereocenters. The normalized spacial score (nSPS) is 11.4. The smallest absolute Gasteiger partial charge is 0.272 e. The van der Waals surface area contributed by atoms with Crippen molar-refractivity contribution in [3.05, 3.63) is 99.0 Å². The fraction of sp³-hybridized carbons (Fsp3) is 0.185. The van der Waals surface area contributed by atoms with Gasteiger partial charge in [0.05, 0.1) is 17.8 Å². The number of ketones is 1. The van der Waals surface area contributed by atoms with Crippen LogP contribution in [0.3, 0.4) is 0 Å². The highest BCUT2D eigenvalue weighted by Gasteiger charge is 2.19. The van der Waals surface area contributed by atoms with Gasteiger partial charge in [-0.05, 0) is 50.1 Å². The van der Waals surface area contributed by atoms with Crippen LogP contribution in [0.25, 0.3) is 20.4 Å². The summed E-state index contributed by atoms with van der Waals surface area (Å²) >= 11 is 2.68. The summed E-state index contributed by atoms with van der Waals surface area (Å²) in [5.41, 5.74) is 5.43. The lowest BCUT2D eigenvalue weighted by atomic mass is 10.0. The summed E-state index contributed by atoms with van der Waals surface area (Å²) < 4.78 is 2.27. The number of thiophene rings is 1. The van der Waals surface area contributed by atoms with Crippen molar-refractivity contribution in [2.75, 3.05) is 5.75 Å². The van der Waals surface area contributed by atoms with E-state index in [9.17, 15) is 9.59 Å². The third-order valence-electron chi connectivity index (χ3n) is 5.80. The van der Waals surface area contributed by atoms with Crippen molar-refractivity contribution in [2.24, 2.45) is 0 Å². The summed E-state index contributed by atoms with van der Waals surface area (Å²) in [6.07, 6.45) is 1.72. The Morgan fingerprint density at radius 2 is 1.79 bits per heavy atom. The number of Topliss-reactive ketones (excluding diaryl/α,β-unsaturated/α-hetero) is 1. The molecule has 170 valence electrons. The number of hydrogen-bond donors (Lipinski definition) is 0. The molecular formula is C27H23N3O2S2. The first kappa shape index (κ1) is 22.5. The van der Waals surface area contributed by atoms with Crippen LogP contribution in [0, 0.1) is 20.8 Å². The maximum atomic E-state index is 13.6. The molecule has 2 aromatic carbocycles. The molecule has 3 heterocycles. The van der Waals surface area contributed by atoms with Gasteiger partial charge >= 0.3 is 0 Å². The zero-order valence-electron chi connectivity index (χ0n) is 19.2. The monoisotopic (exact) mass is 485 g/mol. The average Bonchev–Trinajstić information content (AvgIpc) is 3.21. The van der Waals surface area contributed by atoms with Crippen molar-refractivity contribution in [1.29, 1.82) is 0 Å². The number of carbonyl (C=O) groups excluding carboxylic acids is 1. The molecule has 0 saturated carbocycles. The third kappa shape index (κ3) is 4.29. The van der Waals surface area contributed by atoms with E-state index >= 15 is 0 Å². The number of hydrogen-bond acceptors (Lipinski definition) is 6. The van der Waals surface area contributed by atoms with Crippen LogP contribution in [0.1, 0.15) is 32.6 Å². The molecule has 5 nitrogen and oxygen atoms in total. The van der Waals surface area contributed by atoms with Gasteiger partial charge in [0.25, 0.3) is 5.56 Å². The number of carbonyl (C=O) groups is 1. The SMILES string of the molecule is Cc1ccc(Cn2c(SCC(=O)c3cc(C)ccc3C)nc3c(sc4ncccc43)c2=O)cc1. The van der Waals surface area contributed by atoms with Gasteiger partial charge in [0.1, 0.15) is 9.53 Å². The lowest BCUT2D eigenvalue weighted by molar-refractivity contribution is 0.102. The van der Waals surface area contributed by atoms with Gasteiger partial charge < -0.3 is 0 Å². The maximum Gasteiger partial charge on any atom is 0.272 e. The van der Waals surface area contributed by atoms with Crippen LogP contribution in [0.5, 0.6) is 0 Å². The molecule has 3 aromatic heterocycles. The summed E-state index contributed by atoms with van der Waals surface area (Å²) in [4.78, 5) is 36.8. The first-order valence-electron chi connectivity index (χ1n) is 11.0. The number of nitrogens with zero attached hydrogens (tertiary/aromatic N) is 3. The minimum absolute atomic E-state index is 0.0271.